The molecule has 1 aliphatic heterocycles. The van der Waals surface area contributed by atoms with Crippen LogP contribution < -0.4 is 0 Å². The van der Waals surface area contributed by atoms with Gasteiger partial charge in [-0.05, 0) is 45.9 Å². The number of ether oxygens (including phenoxy) is 1. The minimum absolute atomic E-state index is 0.00296. The Labute approximate surface area is 208 Å². The summed E-state index contributed by atoms with van der Waals surface area (Å²) in [5, 5.41) is 10.3. The molecule has 1 saturated heterocycles. The lowest BCUT2D eigenvalue weighted by molar-refractivity contribution is -0.0586. The fourth-order valence-electron chi connectivity index (χ4n) is 4.68. The van der Waals surface area contributed by atoms with Crippen LogP contribution in [0.4, 0.5) is 4.39 Å². The van der Waals surface area contributed by atoms with Gasteiger partial charge in [0, 0.05) is 41.4 Å². The first-order valence-corrected chi connectivity index (χ1v) is 11.9. The van der Waals surface area contributed by atoms with E-state index in [1.165, 1.54) is 20.2 Å². The molecule has 5 rings (SSSR count). The van der Waals surface area contributed by atoms with Crippen LogP contribution in [-0.2, 0) is 10.3 Å². The van der Waals surface area contributed by atoms with Gasteiger partial charge in [-0.2, -0.15) is 0 Å². The number of amides is 1. The fraction of sp³-hybridized carbons (Fsp3) is 0.321. The zero-order chi connectivity index (χ0) is 25.6. The van der Waals surface area contributed by atoms with Crippen molar-refractivity contribution >= 4 is 17.0 Å². The van der Waals surface area contributed by atoms with Gasteiger partial charge >= 0.3 is 0 Å². The number of hydrogen-bond acceptors (Lipinski definition) is 6. The zero-order valence-electron chi connectivity index (χ0n) is 20.7. The molecule has 0 bridgehead atoms. The van der Waals surface area contributed by atoms with Gasteiger partial charge in [0.15, 0.2) is 5.58 Å². The van der Waals surface area contributed by atoms with E-state index in [-0.39, 0.29) is 29.2 Å². The molecule has 2 atom stereocenters. The molecule has 3 heterocycles. The summed E-state index contributed by atoms with van der Waals surface area (Å²) in [6.45, 7) is 8.10. The van der Waals surface area contributed by atoms with Gasteiger partial charge in [0.1, 0.15) is 29.1 Å². The second-order valence-electron chi connectivity index (χ2n) is 9.82. The van der Waals surface area contributed by atoms with E-state index in [1.54, 1.807) is 36.4 Å². The Morgan fingerprint density at radius 1 is 1.08 bits per heavy atom. The van der Waals surface area contributed by atoms with Crippen LogP contribution in [0.3, 0.4) is 0 Å². The van der Waals surface area contributed by atoms with E-state index in [0.29, 0.717) is 41.2 Å². The molecule has 1 aliphatic rings. The Morgan fingerprint density at radius 2 is 1.78 bits per heavy atom. The summed E-state index contributed by atoms with van der Waals surface area (Å²) in [7, 11) is 0. The number of halogens is 1. The van der Waals surface area contributed by atoms with E-state index in [1.807, 2.05) is 30.9 Å². The Bertz CT molecular complexity index is 1420. The summed E-state index contributed by atoms with van der Waals surface area (Å²) < 4.78 is 27.2. The Balaban J connectivity index is 1.47. The molecule has 8 heteroatoms. The molecule has 7 nitrogen and oxygen atoms in total. The van der Waals surface area contributed by atoms with E-state index in [4.69, 9.17) is 9.15 Å². The number of carbonyl (C=O) groups is 1. The number of carbonyl (C=O) groups excluding carboxylic acids is 1. The predicted octanol–water partition coefficient (Wildman–Crippen LogP) is 5.17. The molecule has 0 spiro atoms. The van der Waals surface area contributed by atoms with Gasteiger partial charge in [-0.15, -0.1) is 0 Å². The minimum Gasteiger partial charge on any atom is -0.452 e. The number of furan rings is 1. The quantitative estimate of drug-likeness (QED) is 0.425. The number of rotatable bonds is 4. The van der Waals surface area contributed by atoms with Gasteiger partial charge in [0.2, 0.25) is 0 Å². The molecule has 2 aromatic heterocycles. The molecule has 2 aromatic carbocycles. The number of nitrogens with zero attached hydrogens (tertiary/aromatic N) is 3. The molecule has 4 aromatic rings. The average molecular weight is 490 g/mol. The summed E-state index contributed by atoms with van der Waals surface area (Å²) in [4.78, 5) is 23.4. The third-order valence-corrected chi connectivity index (χ3v) is 6.35. The topological polar surface area (TPSA) is 88.7 Å². The van der Waals surface area contributed by atoms with Crippen LogP contribution in [0.15, 0.2) is 59.3 Å². The Kier molecular flexibility index (Phi) is 6.10. The van der Waals surface area contributed by atoms with Crippen molar-refractivity contribution in [1.82, 2.24) is 14.9 Å². The van der Waals surface area contributed by atoms with Crippen LogP contribution in [0.1, 0.15) is 43.6 Å². The molecule has 0 radical (unpaired) electrons. The van der Waals surface area contributed by atoms with Crippen molar-refractivity contribution < 1.29 is 23.4 Å². The maximum Gasteiger partial charge on any atom is 0.254 e. The Morgan fingerprint density at radius 3 is 2.44 bits per heavy atom. The number of morpholine rings is 1. The third kappa shape index (κ3) is 4.50. The highest BCUT2D eigenvalue weighted by atomic mass is 19.1. The average Bonchev–Trinajstić information content (AvgIpc) is 3.27. The number of benzene rings is 2. The second-order valence-corrected chi connectivity index (χ2v) is 9.82. The van der Waals surface area contributed by atoms with Gasteiger partial charge in [0.05, 0.1) is 17.8 Å². The zero-order valence-corrected chi connectivity index (χ0v) is 20.7. The van der Waals surface area contributed by atoms with E-state index < -0.39 is 11.4 Å². The smallest absolute Gasteiger partial charge is 0.254 e. The molecule has 1 fully saturated rings. The van der Waals surface area contributed by atoms with Gasteiger partial charge in [-0.1, -0.05) is 24.3 Å². The number of fused-ring (bicyclic) bond motifs is 1. The maximum atomic E-state index is 15.3. The first kappa shape index (κ1) is 24.1. The van der Waals surface area contributed by atoms with Crippen molar-refractivity contribution in [3.63, 3.8) is 0 Å². The predicted molar refractivity (Wildman–Crippen MR) is 134 cm³/mol. The van der Waals surface area contributed by atoms with Gasteiger partial charge < -0.3 is 19.2 Å². The summed E-state index contributed by atoms with van der Waals surface area (Å²) >= 11 is 0. The summed E-state index contributed by atoms with van der Waals surface area (Å²) in [5.74, 6) is -0.0699. The molecular formula is C28H28FN3O4. The second kappa shape index (κ2) is 9.11. The normalized spacial score (nSPS) is 18.6. The summed E-state index contributed by atoms with van der Waals surface area (Å²) in [6, 6.07) is 13.8. The van der Waals surface area contributed by atoms with E-state index >= 15 is 4.39 Å². The molecule has 1 amide bonds. The molecule has 0 aliphatic carbocycles. The largest absolute Gasteiger partial charge is 0.452 e. The van der Waals surface area contributed by atoms with Crippen LogP contribution in [0.2, 0.25) is 0 Å². The minimum atomic E-state index is -1.35. The lowest BCUT2D eigenvalue weighted by atomic mass is 9.94. The van der Waals surface area contributed by atoms with Crippen LogP contribution in [-0.4, -0.2) is 51.2 Å². The molecular weight excluding hydrogens is 461 g/mol. The standard InChI is InChI=1S/C28H28FN3O4/c1-16-13-32(14-17(2)35-16)27(33)19-10-8-18(9-11-19)23-12-22-26(36-23)25(31-15-30-22)20-6-5-7-21(24(20)29)28(3,4)34/h5-12,15-17,34H,13-14H2,1-4H3/t16-,17+. The highest BCUT2D eigenvalue weighted by molar-refractivity contribution is 5.95. The van der Waals surface area contributed by atoms with Gasteiger partial charge in [-0.25, -0.2) is 14.4 Å². The number of aromatic nitrogens is 2. The van der Waals surface area contributed by atoms with Crippen molar-refractivity contribution in [3.05, 3.63) is 71.8 Å². The van der Waals surface area contributed by atoms with Crippen LogP contribution in [0.5, 0.6) is 0 Å². The summed E-state index contributed by atoms with van der Waals surface area (Å²) in [6.07, 6.45) is 1.35. The molecule has 36 heavy (non-hydrogen) atoms. The van der Waals surface area contributed by atoms with Crippen molar-refractivity contribution in [3.8, 4) is 22.6 Å². The molecule has 186 valence electrons. The lowest BCUT2D eigenvalue weighted by Crippen LogP contribution is -2.48. The van der Waals surface area contributed by atoms with Crippen LogP contribution >= 0.6 is 0 Å². The first-order valence-electron chi connectivity index (χ1n) is 11.9. The Hall–Kier alpha value is -3.62. The number of hydrogen-bond donors (Lipinski definition) is 1. The van der Waals surface area contributed by atoms with Crippen molar-refractivity contribution in [1.29, 1.82) is 0 Å². The van der Waals surface area contributed by atoms with Crippen molar-refractivity contribution in [2.45, 2.75) is 45.5 Å². The number of aliphatic hydroxyl groups is 1. The van der Waals surface area contributed by atoms with Crippen molar-refractivity contribution in [2.75, 3.05) is 13.1 Å². The van der Waals surface area contributed by atoms with E-state index in [2.05, 4.69) is 9.97 Å². The lowest BCUT2D eigenvalue weighted by Gasteiger charge is -2.35. The van der Waals surface area contributed by atoms with Gasteiger partial charge in [-0.3, -0.25) is 4.79 Å². The molecule has 0 unspecified atom stereocenters. The molecule has 1 N–H and O–H groups in total. The fourth-order valence-corrected chi connectivity index (χ4v) is 4.68. The monoisotopic (exact) mass is 489 g/mol. The highest BCUT2D eigenvalue weighted by Gasteiger charge is 2.27. The maximum absolute atomic E-state index is 15.3. The van der Waals surface area contributed by atoms with Crippen LogP contribution in [0, 0.1) is 5.82 Å². The SMILES string of the molecule is C[C@@H]1CN(C(=O)c2ccc(-c3cc4ncnc(-c5cccc(C(C)(C)O)c5F)c4o3)cc2)C[C@H](C)O1. The van der Waals surface area contributed by atoms with E-state index in [0.717, 1.165) is 5.56 Å². The van der Waals surface area contributed by atoms with Crippen molar-refractivity contribution in [2.24, 2.45) is 0 Å². The summed E-state index contributed by atoms with van der Waals surface area (Å²) in [5.41, 5.74) is 1.55. The van der Waals surface area contributed by atoms with E-state index in [9.17, 15) is 9.90 Å². The first-order chi connectivity index (χ1) is 17.1. The molecule has 0 saturated carbocycles. The van der Waals surface area contributed by atoms with Crippen LogP contribution in [0.25, 0.3) is 33.7 Å². The third-order valence-electron chi connectivity index (χ3n) is 6.35. The van der Waals surface area contributed by atoms with Gasteiger partial charge in [0.25, 0.3) is 5.91 Å². The highest BCUT2D eigenvalue weighted by Crippen LogP contribution is 2.36.